The summed E-state index contributed by atoms with van der Waals surface area (Å²) in [4.78, 5) is 54.3. The number of hydrogen-bond donors (Lipinski definition) is 4. The summed E-state index contributed by atoms with van der Waals surface area (Å²) >= 11 is 0. The van der Waals surface area contributed by atoms with Gasteiger partial charge in [0.1, 0.15) is 28.6 Å². The van der Waals surface area contributed by atoms with Gasteiger partial charge in [0.2, 0.25) is 5.78 Å². The highest BCUT2D eigenvalue weighted by atomic mass is 16.3. The molecule has 0 aromatic heterocycles. The minimum atomic E-state index is -2.78. The highest BCUT2D eigenvalue weighted by molar-refractivity contribution is 6.24. The first-order valence-corrected chi connectivity index (χ1v) is 13.5. The molecule has 3 aliphatic rings. The Labute approximate surface area is 228 Å². The van der Waals surface area contributed by atoms with Gasteiger partial charge < -0.3 is 20.4 Å². The molecule has 210 valence electrons. The van der Waals surface area contributed by atoms with Crippen molar-refractivity contribution in [1.29, 1.82) is 0 Å². The number of allylic oxidation sites excluding steroid dienone is 1. The van der Waals surface area contributed by atoms with E-state index in [0.29, 0.717) is 5.56 Å². The molecule has 0 bridgehead atoms. The zero-order valence-electron chi connectivity index (χ0n) is 23.8. The lowest BCUT2D eigenvalue weighted by Crippen LogP contribution is -2.73. The van der Waals surface area contributed by atoms with Crippen LogP contribution in [-0.4, -0.2) is 49.2 Å². The number of carbonyl (C=O) groups is 4. The lowest BCUT2D eigenvalue weighted by molar-refractivity contribution is -0.199. The molecule has 1 unspecified atom stereocenters. The third-order valence-electron chi connectivity index (χ3n) is 10.2. The maximum Gasteiger partial charge on any atom is 0.203 e. The van der Waals surface area contributed by atoms with Gasteiger partial charge in [0.25, 0.3) is 0 Å². The van der Waals surface area contributed by atoms with Gasteiger partial charge in [0, 0.05) is 35.2 Å². The molecule has 1 saturated carbocycles. The van der Waals surface area contributed by atoms with Gasteiger partial charge in [0.15, 0.2) is 17.2 Å². The van der Waals surface area contributed by atoms with Crippen LogP contribution in [0, 0.1) is 35.5 Å². The van der Waals surface area contributed by atoms with Crippen molar-refractivity contribution in [1.82, 2.24) is 0 Å². The van der Waals surface area contributed by atoms with E-state index in [4.69, 9.17) is 0 Å². The van der Waals surface area contributed by atoms with E-state index >= 15 is 0 Å². The number of aliphatic hydroxyl groups is 3. The van der Waals surface area contributed by atoms with Crippen LogP contribution in [0.4, 0.5) is 0 Å². The predicted octanol–water partition coefficient (Wildman–Crippen LogP) is 4.65. The van der Waals surface area contributed by atoms with Crippen molar-refractivity contribution < 1.29 is 39.6 Å². The number of carbonyl (C=O) groups excluding carboxylic acids is 4. The number of hydrogen-bond acceptors (Lipinski definition) is 8. The van der Waals surface area contributed by atoms with E-state index in [2.05, 4.69) is 0 Å². The molecule has 1 aromatic rings. The van der Waals surface area contributed by atoms with Gasteiger partial charge in [-0.25, -0.2) is 0 Å². The molecule has 0 radical (unpaired) electrons. The molecule has 4 N–H and O–H groups in total. The topological polar surface area (TPSA) is 149 Å². The molecule has 0 amide bonds. The Morgan fingerprint density at radius 1 is 1.08 bits per heavy atom. The average Bonchev–Trinajstić information content (AvgIpc) is 2.84. The molecule has 0 spiro atoms. The standard InChI is InChI=1S/C31H38O8/c1-9-17(33)12-19-29(7)15(5)20-14(4)10-11-18(34)22(20)26(36)24(29)28(38)31(39)27(37)21(16(6)32)25(35)23(13(2)3)30(19,31)8/h10-11,13,15,19,23,34,36-37,39H,9,12H2,1-8H3/t15-,19-,23?,29-,30-,31+/m1/s1. The Morgan fingerprint density at radius 3 is 2.18 bits per heavy atom. The number of Topliss-reactive ketones (excluding diaryl/α,β-unsaturated/α-hetero) is 4. The molecule has 3 aliphatic carbocycles. The molecule has 0 aliphatic heterocycles. The van der Waals surface area contributed by atoms with Crippen LogP contribution < -0.4 is 0 Å². The summed E-state index contributed by atoms with van der Waals surface area (Å²) in [6.45, 7) is 13.2. The van der Waals surface area contributed by atoms with Crippen LogP contribution in [-0.2, 0) is 19.2 Å². The van der Waals surface area contributed by atoms with Gasteiger partial charge in [-0.05, 0) is 48.8 Å². The molecular weight excluding hydrogens is 500 g/mol. The Bertz CT molecular complexity index is 1400. The summed E-state index contributed by atoms with van der Waals surface area (Å²) in [6, 6.07) is 3.11. The molecule has 0 heterocycles. The second-order valence-corrected chi connectivity index (χ2v) is 12.3. The van der Waals surface area contributed by atoms with Gasteiger partial charge in [-0.1, -0.05) is 47.6 Å². The van der Waals surface area contributed by atoms with Crippen molar-refractivity contribution in [2.45, 2.75) is 79.8 Å². The van der Waals surface area contributed by atoms with E-state index < -0.39 is 74.5 Å². The van der Waals surface area contributed by atoms with Crippen molar-refractivity contribution in [2.24, 2.45) is 28.6 Å². The van der Waals surface area contributed by atoms with Gasteiger partial charge >= 0.3 is 0 Å². The SMILES string of the molecule is CCC(=O)C[C@@H]1[C@]2(C)C(=C(O)c3c(O)ccc(C)c3[C@H]2C)C(=O)[C@@]2(O)C(O)=C(C(C)=O)C(=O)C(C(C)C)[C@@]12C. The van der Waals surface area contributed by atoms with Crippen LogP contribution in [0.2, 0.25) is 0 Å². The van der Waals surface area contributed by atoms with E-state index in [0.717, 1.165) is 12.5 Å². The molecule has 6 atom stereocenters. The lowest BCUT2D eigenvalue weighted by atomic mass is 9.37. The number of fused-ring (bicyclic) bond motifs is 3. The number of benzene rings is 1. The normalized spacial score (nSPS) is 34.2. The summed E-state index contributed by atoms with van der Waals surface area (Å²) in [7, 11) is 0. The van der Waals surface area contributed by atoms with Crippen LogP contribution >= 0.6 is 0 Å². The number of aryl methyl sites for hydroxylation is 1. The van der Waals surface area contributed by atoms with Gasteiger partial charge in [-0.2, -0.15) is 0 Å². The number of rotatable bonds is 5. The zero-order valence-corrected chi connectivity index (χ0v) is 23.8. The molecule has 1 fully saturated rings. The van der Waals surface area contributed by atoms with Crippen molar-refractivity contribution in [3.05, 3.63) is 45.7 Å². The lowest BCUT2D eigenvalue weighted by Gasteiger charge is -2.65. The second kappa shape index (κ2) is 8.88. The van der Waals surface area contributed by atoms with E-state index in [1.165, 1.54) is 6.07 Å². The monoisotopic (exact) mass is 538 g/mol. The molecule has 4 rings (SSSR count). The summed E-state index contributed by atoms with van der Waals surface area (Å²) in [6.07, 6.45) is 0.0122. The quantitative estimate of drug-likeness (QED) is 0.396. The molecule has 0 saturated heterocycles. The maximum atomic E-state index is 14.6. The number of phenolic OH excluding ortho intramolecular Hbond substituents is 1. The highest BCUT2D eigenvalue weighted by Crippen LogP contribution is 2.71. The Kier molecular flexibility index (Phi) is 6.54. The Hall–Kier alpha value is -3.26. The smallest absolute Gasteiger partial charge is 0.203 e. The summed E-state index contributed by atoms with van der Waals surface area (Å²) in [5.41, 5.74) is -5.27. The Balaban J connectivity index is 2.25. The number of ketones is 4. The van der Waals surface area contributed by atoms with Gasteiger partial charge in [0.05, 0.1) is 5.56 Å². The van der Waals surface area contributed by atoms with Gasteiger partial charge in [-0.15, -0.1) is 0 Å². The average molecular weight is 539 g/mol. The van der Waals surface area contributed by atoms with E-state index in [1.807, 2.05) is 13.8 Å². The van der Waals surface area contributed by atoms with Crippen molar-refractivity contribution in [3.63, 3.8) is 0 Å². The van der Waals surface area contributed by atoms with Crippen molar-refractivity contribution >= 4 is 28.9 Å². The third kappa shape index (κ3) is 3.27. The summed E-state index contributed by atoms with van der Waals surface area (Å²) in [5.74, 6) is -7.61. The minimum absolute atomic E-state index is 0.0543. The fourth-order valence-electron chi connectivity index (χ4n) is 8.21. The Morgan fingerprint density at radius 2 is 1.67 bits per heavy atom. The molecule has 8 heteroatoms. The fourth-order valence-corrected chi connectivity index (χ4v) is 8.21. The van der Waals surface area contributed by atoms with Crippen LogP contribution in [0.25, 0.3) is 5.76 Å². The third-order valence-corrected chi connectivity index (χ3v) is 10.2. The number of aliphatic hydroxyl groups excluding tert-OH is 2. The largest absolute Gasteiger partial charge is 0.508 e. The first kappa shape index (κ1) is 28.7. The maximum absolute atomic E-state index is 14.6. The predicted molar refractivity (Wildman–Crippen MR) is 144 cm³/mol. The van der Waals surface area contributed by atoms with Gasteiger partial charge in [-0.3, -0.25) is 19.2 Å². The van der Waals surface area contributed by atoms with E-state index in [9.17, 15) is 39.6 Å². The molecule has 8 nitrogen and oxygen atoms in total. The minimum Gasteiger partial charge on any atom is -0.508 e. The first-order chi connectivity index (χ1) is 17.9. The van der Waals surface area contributed by atoms with E-state index in [1.54, 1.807) is 40.7 Å². The van der Waals surface area contributed by atoms with Crippen LogP contribution in [0.5, 0.6) is 5.75 Å². The zero-order chi connectivity index (χ0) is 29.6. The fraction of sp³-hybridized carbons (Fsp3) is 0.548. The molecular formula is C31H38O8. The van der Waals surface area contributed by atoms with Crippen molar-refractivity contribution in [2.75, 3.05) is 0 Å². The summed E-state index contributed by atoms with van der Waals surface area (Å²) < 4.78 is 0. The first-order valence-electron chi connectivity index (χ1n) is 13.5. The van der Waals surface area contributed by atoms with E-state index in [-0.39, 0.29) is 35.5 Å². The number of aromatic hydroxyl groups is 1. The summed E-state index contributed by atoms with van der Waals surface area (Å²) in [5, 5.41) is 46.4. The highest BCUT2D eigenvalue weighted by Gasteiger charge is 2.76. The molecule has 1 aromatic carbocycles. The van der Waals surface area contributed by atoms with Crippen LogP contribution in [0.1, 0.15) is 83.9 Å². The second-order valence-electron chi connectivity index (χ2n) is 12.3. The van der Waals surface area contributed by atoms with Crippen LogP contribution in [0.15, 0.2) is 29.0 Å². The van der Waals surface area contributed by atoms with Crippen LogP contribution in [0.3, 0.4) is 0 Å². The van der Waals surface area contributed by atoms with Crippen molar-refractivity contribution in [3.8, 4) is 5.75 Å². The molecule has 39 heavy (non-hydrogen) atoms. The number of phenols is 1.